The Morgan fingerprint density at radius 1 is 0.897 bits per heavy atom. The van der Waals surface area contributed by atoms with Crippen LogP contribution in [0.5, 0.6) is 0 Å². The van der Waals surface area contributed by atoms with E-state index in [2.05, 4.69) is 0 Å². The summed E-state index contributed by atoms with van der Waals surface area (Å²) in [5, 5.41) is 0. The molecule has 0 fully saturated rings. The van der Waals surface area contributed by atoms with E-state index in [4.69, 9.17) is 0 Å². The highest BCUT2D eigenvalue weighted by atomic mass is 32.2. The highest BCUT2D eigenvalue weighted by Gasteiger charge is 2.43. The van der Waals surface area contributed by atoms with Gasteiger partial charge in [0, 0.05) is 30.5 Å². The van der Waals surface area contributed by atoms with Gasteiger partial charge in [0.1, 0.15) is 5.82 Å². The number of fused-ring (bicyclic) bond motifs is 1. The molecule has 0 radical (unpaired) electrons. The van der Waals surface area contributed by atoms with Gasteiger partial charge in [-0.15, -0.1) is 0 Å². The van der Waals surface area contributed by atoms with Crippen molar-refractivity contribution in [3.05, 3.63) is 89.5 Å². The van der Waals surface area contributed by atoms with Crippen LogP contribution in [0.25, 0.3) is 0 Å². The van der Waals surface area contributed by atoms with Crippen molar-refractivity contribution in [3.63, 3.8) is 0 Å². The summed E-state index contributed by atoms with van der Waals surface area (Å²) in [4.78, 5) is -0.839. The van der Waals surface area contributed by atoms with E-state index in [9.17, 15) is 26.0 Å². The minimum Gasteiger partial charge on any atom is -0.348 e. The van der Waals surface area contributed by atoms with Gasteiger partial charge >= 0.3 is 6.18 Å². The monoisotopic (exact) mass is 424 g/mol. The third kappa shape index (κ3) is 3.34. The number of halogens is 4. The van der Waals surface area contributed by atoms with E-state index in [-0.39, 0.29) is 18.7 Å². The van der Waals surface area contributed by atoms with Gasteiger partial charge in [0.15, 0.2) is 0 Å². The molecule has 1 aliphatic rings. The molecule has 29 heavy (non-hydrogen) atoms. The zero-order valence-electron chi connectivity index (χ0n) is 15.0. The summed E-state index contributed by atoms with van der Waals surface area (Å²) in [6.45, 7) is 0.163. The molecule has 1 atom stereocenters. The Kier molecular flexibility index (Phi) is 4.74. The van der Waals surface area contributed by atoms with Gasteiger partial charge in [-0.05, 0) is 30.3 Å². The molecule has 0 spiro atoms. The van der Waals surface area contributed by atoms with E-state index in [1.54, 1.807) is 29.0 Å². The standard InChI is InChI=1S/C20H16F4N2O2S/c21-16-8-3-1-6-14(16)19-17-9-5-11-25(17)12-13-26(19)29(27,28)18-10-4-2-7-15(18)20(22,23)24/h1-11,19H,12-13H2. The molecule has 1 unspecified atom stereocenters. The first kappa shape index (κ1) is 19.7. The number of hydrogen-bond donors (Lipinski definition) is 0. The van der Waals surface area contributed by atoms with Crippen LogP contribution in [0.4, 0.5) is 17.6 Å². The predicted octanol–water partition coefficient (Wildman–Crippen LogP) is 4.44. The van der Waals surface area contributed by atoms with Crippen molar-refractivity contribution in [1.82, 2.24) is 8.87 Å². The molecule has 2 aromatic carbocycles. The fourth-order valence-electron chi connectivity index (χ4n) is 3.68. The Labute approximate surface area is 165 Å². The van der Waals surface area contributed by atoms with Crippen LogP contribution in [0.3, 0.4) is 0 Å². The minimum absolute atomic E-state index is 0.0835. The second-order valence-electron chi connectivity index (χ2n) is 6.66. The Morgan fingerprint density at radius 3 is 2.31 bits per heavy atom. The number of benzene rings is 2. The lowest BCUT2D eigenvalue weighted by Crippen LogP contribution is -2.43. The Bertz CT molecular complexity index is 1160. The van der Waals surface area contributed by atoms with E-state index >= 15 is 0 Å². The molecule has 2 heterocycles. The lowest BCUT2D eigenvalue weighted by atomic mass is 10.0. The fourth-order valence-corrected chi connectivity index (χ4v) is 5.47. The summed E-state index contributed by atoms with van der Waals surface area (Å²) in [5.41, 5.74) is -0.664. The van der Waals surface area contributed by atoms with Crippen LogP contribution >= 0.6 is 0 Å². The number of alkyl halides is 3. The van der Waals surface area contributed by atoms with Crippen LogP contribution in [-0.2, 0) is 22.7 Å². The number of aromatic nitrogens is 1. The summed E-state index contributed by atoms with van der Waals surface area (Å²) in [6, 6.07) is 12.0. The van der Waals surface area contributed by atoms with Gasteiger partial charge in [-0.2, -0.15) is 17.5 Å². The van der Waals surface area contributed by atoms with E-state index in [1.165, 1.54) is 24.3 Å². The average molecular weight is 424 g/mol. The maximum absolute atomic E-state index is 14.6. The van der Waals surface area contributed by atoms with Crippen molar-refractivity contribution >= 4 is 10.0 Å². The van der Waals surface area contributed by atoms with Crippen molar-refractivity contribution < 1.29 is 26.0 Å². The van der Waals surface area contributed by atoms with Crippen molar-refractivity contribution in [2.24, 2.45) is 0 Å². The molecule has 3 aromatic rings. The second-order valence-corrected chi connectivity index (χ2v) is 8.52. The Balaban J connectivity index is 1.91. The molecule has 0 saturated heterocycles. The molecule has 152 valence electrons. The van der Waals surface area contributed by atoms with Crippen LogP contribution in [0.1, 0.15) is 22.9 Å². The maximum atomic E-state index is 14.6. The SMILES string of the molecule is O=S(=O)(c1ccccc1C(F)(F)F)N1CCn2cccc2C1c1ccccc1F. The van der Waals surface area contributed by atoms with Crippen LogP contribution in [-0.4, -0.2) is 23.8 Å². The lowest BCUT2D eigenvalue weighted by molar-refractivity contribution is -0.139. The fraction of sp³-hybridized carbons (Fsp3) is 0.200. The molecule has 0 amide bonds. The summed E-state index contributed by atoms with van der Waals surface area (Å²) >= 11 is 0. The molecule has 1 aromatic heterocycles. The summed E-state index contributed by atoms with van der Waals surface area (Å²) < 4.78 is 84.5. The Morgan fingerprint density at radius 2 is 1.59 bits per heavy atom. The summed E-state index contributed by atoms with van der Waals surface area (Å²) in [7, 11) is -4.58. The van der Waals surface area contributed by atoms with Gasteiger partial charge in [0.2, 0.25) is 10.0 Å². The van der Waals surface area contributed by atoms with Gasteiger partial charge in [0.25, 0.3) is 0 Å². The highest BCUT2D eigenvalue weighted by Crippen LogP contribution is 2.40. The van der Waals surface area contributed by atoms with Crippen molar-refractivity contribution in [2.75, 3.05) is 6.54 Å². The lowest BCUT2D eigenvalue weighted by Gasteiger charge is -2.36. The number of nitrogens with zero attached hydrogens (tertiary/aromatic N) is 2. The smallest absolute Gasteiger partial charge is 0.348 e. The predicted molar refractivity (Wildman–Crippen MR) is 98.0 cm³/mol. The largest absolute Gasteiger partial charge is 0.417 e. The first-order valence-corrected chi connectivity index (χ1v) is 10.2. The molecule has 0 saturated carbocycles. The molecule has 0 bridgehead atoms. The van der Waals surface area contributed by atoms with Crippen LogP contribution < -0.4 is 0 Å². The molecule has 1 aliphatic heterocycles. The molecule has 4 rings (SSSR count). The molecule has 0 aliphatic carbocycles. The van der Waals surface area contributed by atoms with Gasteiger partial charge in [-0.25, -0.2) is 12.8 Å². The first-order chi connectivity index (χ1) is 13.7. The first-order valence-electron chi connectivity index (χ1n) is 8.79. The number of sulfonamides is 1. The third-order valence-electron chi connectivity index (χ3n) is 4.97. The van der Waals surface area contributed by atoms with Crippen LogP contribution in [0, 0.1) is 5.82 Å². The minimum atomic E-state index is -4.84. The number of rotatable bonds is 3. The molecule has 4 nitrogen and oxygen atoms in total. The van der Waals surface area contributed by atoms with E-state index in [0.717, 1.165) is 22.5 Å². The normalized spacial score (nSPS) is 17.9. The van der Waals surface area contributed by atoms with Crippen LogP contribution in [0.2, 0.25) is 0 Å². The zero-order valence-corrected chi connectivity index (χ0v) is 15.8. The highest BCUT2D eigenvalue weighted by molar-refractivity contribution is 7.89. The topological polar surface area (TPSA) is 42.3 Å². The van der Waals surface area contributed by atoms with Crippen LogP contribution in [0.15, 0.2) is 71.8 Å². The van der Waals surface area contributed by atoms with Crippen molar-refractivity contribution in [3.8, 4) is 0 Å². The Hall–Kier alpha value is -2.65. The van der Waals surface area contributed by atoms with Gasteiger partial charge in [-0.1, -0.05) is 30.3 Å². The van der Waals surface area contributed by atoms with Crippen molar-refractivity contribution in [2.45, 2.75) is 23.7 Å². The second kappa shape index (κ2) is 7.00. The maximum Gasteiger partial charge on any atom is 0.417 e. The third-order valence-corrected chi connectivity index (χ3v) is 6.90. The average Bonchev–Trinajstić information content (AvgIpc) is 3.16. The van der Waals surface area contributed by atoms with Gasteiger partial charge < -0.3 is 4.57 Å². The summed E-state index contributed by atoms with van der Waals surface area (Å²) in [6.07, 6.45) is -3.11. The summed E-state index contributed by atoms with van der Waals surface area (Å²) in [5.74, 6) is -0.628. The quantitative estimate of drug-likeness (QED) is 0.584. The molecular formula is C20H16F4N2O2S. The van der Waals surface area contributed by atoms with E-state index in [0.29, 0.717) is 5.69 Å². The zero-order chi connectivity index (χ0) is 20.8. The van der Waals surface area contributed by atoms with Crippen molar-refractivity contribution in [1.29, 1.82) is 0 Å². The molecular weight excluding hydrogens is 408 g/mol. The number of hydrogen-bond acceptors (Lipinski definition) is 2. The van der Waals surface area contributed by atoms with E-state index in [1.807, 2.05) is 0 Å². The van der Waals surface area contributed by atoms with Gasteiger partial charge in [0.05, 0.1) is 16.5 Å². The molecule has 0 N–H and O–H groups in total. The van der Waals surface area contributed by atoms with Gasteiger partial charge in [-0.3, -0.25) is 0 Å². The molecule has 9 heteroatoms. The van der Waals surface area contributed by atoms with E-state index < -0.39 is 38.5 Å².